The first kappa shape index (κ1) is 12.4. The first-order valence-corrected chi connectivity index (χ1v) is 5.52. The summed E-state index contributed by atoms with van der Waals surface area (Å²) < 4.78 is 5.15. The van der Waals surface area contributed by atoms with Crippen molar-refractivity contribution in [2.45, 2.75) is 0 Å². The fraction of sp³-hybridized carbons (Fsp3) is 0.0769. The summed E-state index contributed by atoms with van der Waals surface area (Å²) in [7, 11) is 1.46. The molecule has 0 spiro atoms. The van der Waals surface area contributed by atoms with Gasteiger partial charge in [0, 0.05) is 17.2 Å². The summed E-state index contributed by atoms with van der Waals surface area (Å²) in [6.07, 6.45) is 3.70. The molecule has 4 nitrogen and oxygen atoms in total. The number of ether oxygens (including phenoxy) is 1. The monoisotopic (exact) mass is 263 g/mol. The minimum atomic E-state index is -0.270. The number of nitrogen functional groups attached to an aromatic ring is 1. The van der Waals surface area contributed by atoms with Gasteiger partial charge in [0.15, 0.2) is 11.6 Å². The van der Waals surface area contributed by atoms with E-state index in [4.69, 9.17) is 22.1 Å². The molecule has 0 aromatic heterocycles. The third kappa shape index (κ3) is 2.15. The third-order valence-electron chi connectivity index (χ3n) is 2.56. The van der Waals surface area contributed by atoms with Gasteiger partial charge in [-0.15, -0.1) is 0 Å². The van der Waals surface area contributed by atoms with Crippen molar-refractivity contribution in [2.24, 2.45) is 0 Å². The highest BCUT2D eigenvalue weighted by Crippen LogP contribution is 2.34. The molecule has 2 rings (SSSR count). The SMILES string of the molecule is COc1cc(N)c(Cl)cc1C1=CC(=O)C=CC1=O. The van der Waals surface area contributed by atoms with Gasteiger partial charge in [-0.05, 0) is 24.3 Å². The van der Waals surface area contributed by atoms with Crippen molar-refractivity contribution in [1.29, 1.82) is 0 Å². The first-order valence-electron chi connectivity index (χ1n) is 5.14. The van der Waals surface area contributed by atoms with E-state index in [9.17, 15) is 9.59 Å². The Morgan fingerprint density at radius 3 is 2.61 bits per heavy atom. The number of hydrogen-bond donors (Lipinski definition) is 1. The zero-order valence-corrected chi connectivity index (χ0v) is 10.3. The second-order valence-corrected chi connectivity index (χ2v) is 4.14. The van der Waals surface area contributed by atoms with Gasteiger partial charge in [-0.25, -0.2) is 0 Å². The molecule has 1 aliphatic carbocycles. The van der Waals surface area contributed by atoms with Gasteiger partial charge in [0.2, 0.25) is 0 Å². The molecular weight excluding hydrogens is 254 g/mol. The molecule has 0 atom stereocenters. The molecule has 18 heavy (non-hydrogen) atoms. The maximum absolute atomic E-state index is 11.8. The van der Waals surface area contributed by atoms with E-state index in [1.807, 2.05) is 0 Å². The Balaban J connectivity index is 2.60. The summed E-state index contributed by atoms with van der Waals surface area (Å²) in [5.41, 5.74) is 6.72. The van der Waals surface area contributed by atoms with Gasteiger partial charge in [0.05, 0.1) is 17.8 Å². The highest BCUT2D eigenvalue weighted by Gasteiger charge is 2.20. The maximum Gasteiger partial charge on any atom is 0.186 e. The molecule has 1 aliphatic rings. The highest BCUT2D eigenvalue weighted by molar-refractivity contribution is 6.36. The molecule has 92 valence electrons. The Morgan fingerprint density at radius 2 is 1.94 bits per heavy atom. The lowest BCUT2D eigenvalue weighted by Crippen LogP contribution is -2.08. The lowest BCUT2D eigenvalue weighted by molar-refractivity contribution is -0.113. The van der Waals surface area contributed by atoms with E-state index in [0.29, 0.717) is 22.0 Å². The summed E-state index contributed by atoms with van der Waals surface area (Å²) in [6, 6.07) is 3.04. The van der Waals surface area contributed by atoms with E-state index in [0.717, 1.165) is 0 Å². The first-order chi connectivity index (χ1) is 8.52. The van der Waals surface area contributed by atoms with Crippen LogP contribution in [0.3, 0.4) is 0 Å². The van der Waals surface area contributed by atoms with Gasteiger partial charge in [0.25, 0.3) is 0 Å². The molecule has 0 saturated carbocycles. The van der Waals surface area contributed by atoms with E-state index in [1.54, 1.807) is 0 Å². The maximum atomic E-state index is 11.8. The normalized spacial score (nSPS) is 14.7. The van der Waals surface area contributed by atoms with Crippen molar-refractivity contribution in [3.63, 3.8) is 0 Å². The number of allylic oxidation sites excluding steroid dienone is 4. The predicted octanol–water partition coefficient (Wildman–Crippen LogP) is 2.02. The van der Waals surface area contributed by atoms with E-state index in [2.05, 4.69) is 0 Å². The van der Waals surface area contributed by atoms with Crippen molar-refractivity contribution in [3.05, 3.63) is 40.9 Å². The smallest absolute Gasteiger partial charge is 0.186 e. The molecular formula is C13H10ClNO3. The van der Waals surface area contributed by atoms with Gasteiger partial charge in [-0.1, -0.05) is 11.6 Å². The molecule has 0 bridgehead atoms. The Morgan fingerprint density at radius 1 is 1.22 bits per heavy atom. The number of benzene rings is 1. The van der Waals surface area contributed by atoms with Crippen LogP contribution in [0.1, 0.15) is 5.56 Å². The summed E-state index contributed by atoms with van der Waals surface area (Å²) in [4.78, 5) is 23.1. The lowest BCUT2D eigenvalue weighted by Gasteiger charge is -2.13. The van der Waals surface area contributed by atoms with Crippen LogP contribution >= 0.6 is 11.6 Å². The van der Waals surface area contributed by atoms with E-state index in [1.165, 1.54) is 37.5 Å². The fourth-order valence-corrected chi connectivity index (χ4v) is 1.83. The van der Waals surface area contributed by atoms with Crippen LogP contribution < -0.4 is 10.5 Å². The number of methoxy groups -OCH3 is 1. The number of carbonyl (C=O) groups is 2. The molecule has 0 fully saturated rings. The summed E-state index contributed by atoms with van der Waals surface area (Å²) in [5, 5.41) is 0.307. The predicted molar refractivity (Wildman–Crippen MR) is 69.5 cm³/mol. The van der Waals surface area contributed by atoms with Crippen molar-refractivity contribution < 1.29 is 14.3 Å². The van der Waals surface area contributed by atoms with Gasteiger partial charge >= 0.3 is 0 Å². The van der Waals surface area contributed by atoms with E-state index >= 15 is 0 Å². The van der Waals surface area contributed by atoms with E-state index < -0.39 is 0 Å². The molecule has 0 heterocycles. The number of ketones is 2. The molecule has 5 heteroatoms. The number of carbonyl (C=O) groups excluding carboxylic acids is 2. The topological polar surface area (TPSA) is 69.4 Å². The molecule has 0 amide bonds. The van der Waals surface area contributed by atoms with Crippen LogP contribution in [-0.2, 0) is 9.59 Å². The van der Waals surface area contributed by atoms with Crippen molar-refractivity contribution in [1.82, 2.24) is 0 Å². The van der Waals surface area contributed by atoms with Crippen LogP contribution in [0.15, 0.2) is 30.4 Å². The van der Waals surface area contributed by atoms with Gasteiger partial charge < -0.3 is 10.5 Å². The second kappa shape index (κ2) is 4.66. The van der Waals surface area contributed by atoms with Crippen molar-refractivity contribution >= 4 is 34.4 Å². The van der Waals surface area contributed by atoms with Gasteiger partial charge in [-0.2, -0.15) is 0 Å². The Bertz CT molecular complexity index is 602. The summed E-state index contributed by atoms with van der Waals surface area (Å²) in [6.45, 7) is 0. The van der Waals surface area contributed by atoms with Crippen LogP contribution in [0.5, 0.6) is 5.75 Å². The minimum absolute atomic E-state index is 0.250. The summed E-state index contributed by atoms with van der Waals surface area (Å²) in [5.74, 6) is -0.118. The van der Waals surface area contributed by atoms with Crippen LogP contribution in [0, 0.1) is 0 Å². The third-order valence-corrected chi connectivity index (χ3v) is 2.89. The Kier molecular flexibility index (Phi) is 3.21. The standard InChI is InChI=1S/C13H10ClNO3/c1-18-13-6-11(15)10(14)5-9(13)8-4-7(16)2-3-12(8)17/h2-6H,15H2,1H3. The fourth-order valence-electron chi connectivity index (χ4n) is 1.67. The zero-order chi connectivity index (χ0) is 13.3. The molecule has 0 radical (unpaired) electrons. The molecule has 0 saturated heterocycles. The van der Waals surface area contributed by atoms with Crippen LogP contribution in [-0.4, -0.2) is 18.7 Å². The largest absolute Gasteiger partial charge is 0.496 e. The summed E-state index contributed by atoms with van der Waals surface area (Å²) >= 11 is 5.92. The number of hydrogen-bond acceptors (Lipinski definition) is 4. The highest BCUT2D eigenvalue weighted by atomic mass is 35.5. The molecule has 0 unspecified atom stereocenters. The lowest BCUT2D eigenvalue weighted by atomic mass is 9.95. The zero-order valence-electron chi connectivity index (χ0n) is 9.57. The molecule has 1 aromatic rings. The average molecular weight is 264 g/mol. The minimum Gasteiger partial charge on any atom is -0.496 e. The molecule has 0 aliphatic heterocycles. The van der Waals surface area contributed by atoms with Crippen molar-refractivity contribution in [3.8, 4) is 5.75 Å². The number of halogens is 1. The van der Waals surface area contributed by atoms with Crippen LogP contribution in [0.25, 0.3) is 5.57 Å². The number of rotatable bonds is 2. The number of anilines is 1. The molecule has 1 aromatic carbocycles. The van der Waals surface area contributed by atoms with E-state index in [-0.39, 0.29) is 17.1 Å². The van der Waals surface area contributed by atoms with Gasteiger partial charge in [-0.3, -0.25) is 9.59 Å². The Hall–Kier alpha value is -2.07. The van der Waals surface area contributed by atoms with Gasteiger partial charge in [0.1, 0.15) is 5.75 Å². The van der Waals surface area contributed by atoms with Crippen LogP contribution in [0.4, 0.5) is 5.69 Å². The molecule has 2 N–H and O–H groups in total. The number of nitrogens with two attached hydrogens (primary N) is 1. The quantitative estimate of drug-likeness (QED) is 0.655. The average Bonchev–Trinajstić information content (AvgIpc) is 2.35. The van der Waals surface area contributed by atoms with Crippen molar-refractivity contribution in [2.75, 3.05) is 12.8 Å². The second-order valence-electron chi connectivity index (χ2n) is 3.73. The van der Waals surface area contributed by atoms with Crippen LogP contribution in [0.2, 0.25) is 5.02 Å². The Labute approximate surface area is 109 Å².